The van der Waals surface area contributed by atoms with E-state index in [0.717, 1.165) is 17.3 Å². The zero-order valence-electron chi connectivity index (χ0n) is 21.9. The zero-order valence-corrected chi connectivity index (χ0v) is 21.9. The van der Waals surface area contributed by atoms with Gasteiger partial charge < -0.3 is 20.1 Å². The molecule has 1 unspecified atom stereocenters. The molecule has 0 amide bonds. The molecule has 8 nitrogen and oxygen atoms in total. The number of ether oxygens (including phenoxy) is 1. The van der Waals surface area contributed by atoms with E-state index in [1.807, 2.05) is 27.7 Å². The van der Waals surface area contributed by atoms with Gasteiger partial charge in [-0.1, -0.05) is 20.8 Å². The van der Waals surface area contributed by atoms with Gasteiger partial charge in [-0.25, -0.2) is 4.39 Å². The monoisotopic (exact) mass is 513 g/mol. The third-order valence-corrected chi connectivity index (χ3v) is 6.62. The number of aryl methyl sites for hydroxylation is 1. The topological polar surface area (TPSA) is 96.6 Å². The second-order valence-corrected chi connectivity index (χ2v) is 10.3. The van der Waals surface area contributed by atoms with Crippen molar-refractivity contribution in [2.75, 3.05) is 13.7 Å². The fourth-order valence-corrected chi connectivity index (χ4v) is 4.43. The molecule has 0 bridgehead atoms. The van der Waals surface area contributed by atoms with Gasteiger partial charge in [0.05, 0.1) is 23.6 Å². The third kappa shape index (κ3) is 4.91. The van der Waals surface area contributed by atoms with Crippen LogP contribution in [-0.4, -0.2) is 37.9 Å². The summed E-state index contributed by atoms with van der Waals surface area (Å²) in [4.78, 5) is 16.4. The van der Waals surface area contributed by atoms with Crippen molar-refractivity contribution in [3.8, 4) is 16.9 Å². The Kier molecular flexibility index (Phi) is 7.25. The summed E-state index contributed by atoms with van der Waals surface area (Å²) < 4.78 is 38.3. The molecule has 1 aromatic carbocycles. The highest BCUT2D eigenvalue weighted by molar-refractivity contribution is 5.71. The van der Waals surface area contributed by atoms with Gasteiger partial charge in [0.1, 0.15) is 11.8 Å². The van der Waals surface area contributed by atoms with Gasteiger partial charge in [0.25, 0.3) is 5.56 Å². The first-order valence-corrected chi connectivity index (χ1v) is 12.1. The van der Waals surface area contributed by atoms with Crippen molar-refractivity contribution < 1.29 is 18.6 Å². The molecule has 10 heteroatoms. The van der Waals surface area contributed by atoms with Crippen LogP contribution in [0.4, 0.5) is 8.78 Å². The van der Waals surface area contributed by atoms with E-state index in [2.05, 4.69) is 15.4 Å². The predicted octanol–water partition coefficient (Wildman–Crippen LogP) is 4.04. The van der Waals surface area contributed by atoms with Crippen LogP contribution in [0.3, 0.4) is 0 Å². The van der Waals surface area contributed by atoms with Gasteiger partial charge in [-0.15, -0.1) is 0 Å². The van der Waals surface area contributed by atoms with E-state index < -0.39 is 23.2 Å². The predicted molar refractivity (Wildman–Crippen MR) is 138 cm³/mol. The molecule has 37 heavy (non-hydrogen) atoms. The molecule has 3 heterocycles. The van der Waals surface area contributed by atoms with Crippen molar-refractivity contribution in [1.29, 1.82) is 0 Å². The van der Waals surface area contributed by atoms with Gasteiger partial charge >= 0.3 is 0 Å². The first-order chi connectivity index (χ1) is 17.5. The molecule has 0 radical (unpaired) electrons. The molecule has 0 fully saturated rings. The number of benzene rings is 1. The summed E-state index contributed by atoms with van der Waals surface area (Å²) in [6.45, 7) is 8.06. The van der Waals surface area contributed by atoms with Crippen LogP contribution in [0.1, 0.15) is 49.5 Å². The smallest absolute Gasteiger partial charge is 0.264 e. The maximum atomic E-state index is 15.0. The number of imidazole rings is 1. The molecule has 4 rings (SSSR count). The van der Waals surface area contributed by atoms with Crippen molar-refractivity contribution in [3.05, 3.63) is 75.1 Å². The molecule has 0 spiro atoms. The summed E-state index contributed by atoms with van der Waals surface area (Å²) in [5.74, 6) is -2.56. The minimum Gasteiger partial charge on any atom is -0.489 e. The average molecular weight is 514 g/mol. The van der Waals surface area contributed by atoms with Gasteiger partial charge in [0.2, 0.25) is 5.82 Å². The van der Waals surface area contributed by atoms with Crippen molar-refractivity contribution in [1.82, 2.24) is 24.5 Å². The zero-order chi connectivity index (χ0) is 27.1. The molecule has 0 saturated carbocycles. The molecule has 0 aliphatic rings. The second kappa shape index (κ2) is 10.1. The molecule has 0 aliphatic carbocycles. The number of aromatic amines is 1. The summed E-state index contributed by atoms with van der Waals surface area (Å²) in [6.07, 6.45) is 1.21. The number of aliphatic hydroxyl groups is 1. The number of halogens is 2. The molecule has 0 aliphatic heterocycles. The SMILES string of the molecule is CNCc1c[nH]c2ccc(-c3ccc(F)c(F)c3OCCc3c(C(O)C(C)(C)C)nn(C)c3C)c(=O)n12. The number of aliphatic hydroxyl groups excluding tert-OH is 1. The van der Waals surface area contributed by atoms with Crippen molar-refractivity contribution in [2.45, 2.75) is 46.8 Å². The maximum Gasteiger partial charge on any atom is 0.264 e. The number of pyridine rings is 1. The van der Waals surface area contributed by atoms with Crippen molar-refractivity contribution in [2.24, 2.45) is 12.5 Å². The minimum absolute atomic E-state index is 0.0114. The van der Waals surface area contributed by atoms with Crippen LogP contribution in [0.5, 0.6) is 5.75 Å². The van der Waals surface area contributed by atoms with Gasteiger partial charge in [-0.05, 0) is 43.7 Å². The average Bonchev–Trinajstić information content (AvgIpc) is 3.38. The highest BCUT2D eigenvalue weighted by atomic mass is 19.2. The van der Waals surface area contributed by atoms with Gasteiger partial charge in [-0.3, -0.25) is 13.9 Å². The lowest BCUT2D eigenvalue weighted by Crippen LogP contribution is -2.20. The summed E-state index contributed by atoms with van der Waals surface area (Å²) in [7, 11) is 3.56. The van der Waals surface area contributed by atoms with E-state index in [-0.39, 0.29) is 29.0 Å². The second-order valence-electron chi connectivity index (χ2n) is 10.3. The molecular formula is C27H33F2N5O3. The van der Waals surface area contributed by atoms with Crippen LogP contribution in [0, 0.1) is 24.0 Å². The Morgan fingerprint density at radius 1 is 1.19 bits per heavy atom. The fourth-order valence-electron chi connectivity index (χ4n) is 4.43. The van der Waals surface area contributed by atoms with Crippen LogP contribution < -0.4 is 15.6 Å². The normalized spacial score (nSPS) is 12.9. The Bertz CT molecular complexity index is 1500. The number of H-pyrrole nitrogens is 1. The molecule has 4 aromatic rings. The summed E-state index contributed by atoms with van der Waals surface area (Å²) >= 11 is 0. The van der Waals surface area contributed by atoms with Crippen molar-refractivity contribution >= 4 is 5.65 Å². The lowest BCUT2D eigenvalue weighted by molar-refractivity contribution is 0.0575. The van der Waals surface area contributed by atoms with E-state index in [4.69, 9.17) is 4.74 Å². The Morgan fingerprint density at radius 3 is 2.57 bits per heavy atom. The van der Waals surface area contributed by atoms with Gasteiger partial charge in [-0.2, -0.15) is 9.49 Å². The number of aromatic nitrogens is 4. The first kappa shape index (κ1) is 26.6. The highest BCUT2D eigenvalue weighted by Crippen LogP contribution is 2.36. The highest BCUT2D eigenvalue weighted by Gasteiger charge is 2.30. The van der Waals surface area contributed by atoms with Crippen LogP contribution >= 0.6 is 0 Å². The Morgan fingerprint density at radius 2 is 1.89 bits per heavy atom. The number of rotatable bonds is 8. The Balaban J connectivity index is 1.70. The van der Waals surface area contributed by atoms with Crippen LogP contribution in [0.25, 0.3) is 16.8 Å². The molecule has 3 N–H and O–H groups in total. The molecule has 198 valence electrons. The fraction of sp³-hybridized carbons (Fsp3) is 0.407. The first-order valence-electron chi connectivity index (χ1n) is 12.1. The van der Waals surface area contributed by atoms with E-state index >= 15 is 4.39 Å². The Hall–Kier alpha value is -3.50. The summed E-state index contributed by atoms with van der Waals surface area (Å²) in [5.41, 5.74) is 2.97. The summed E-state index contributed by atoms with van der Waals surface area (Å²) in [5, 5.41) is 18.3. The minimum atomic E-state index is -1.16. The number of hydrogen-bond acceptors (Lipinski definition) is 5. The molecule has 3 aromatic heterocycles. The van der Waals surface area contributed by atoms with E-state index in [1.54, 1.807) is 37.1 Å². The van der Waals surface area contributed by atoms with E-state index in [0.29, 0.717) is 30.0 Å². The van der Waals surface area contributed by atoms with E-state index in [9.17, 15) is 14.3 Å². The standard InChI is InChI=1S/C27H33F2N5O3/c1-15-17(23(32-33(15)6)25(35)27(2,3)4)11-12-37-24-18(7-9-20(28)22(24)29)19-8-10-21-31-14-16(13-30-5)34(21)26(19)36/h7-10,14,25,30-31,35H,11-13H2,1-6H3. The lowest BCUT2D eigenvalue weighted by Gasteiger charge is -2.25. The number of nitrogens with zero attached hydrogens (tertiary/aromatic N) is 3. The number of fused-ring (bicyclic) bond motifs is 1. The van der Waals surface area contributed by atoms with Gasteiger partial charge in [0, 0.05) is 43.0 Å². The summed E-state index contributed by atoms with van der Waals surface area (Å²) in [6, 6.07) is 5.62. The van der Waals surface area contributed by atoms with Gasteiger partial charge in [0.15, 0.2) is 11.6 Å². The number of hydrogen-bond donors (Lipinski definition) is 3. The number of nitrogens with one attached hydrogen (secondary N) is 2. The molecule has 0 saturated heterocycles. The van der Waals surface area contributed by atoms with Crippen LogP contribution in [0.2, 0.25) is 0 Å². The largest absolute Gasteiger partial charge is 0.489 e. The maximum absolute atomic E-state index is 15.0. The van der Waals surface area contributed by atoms with Crippen molar-refractivity contribution in [3.63, 3.8) is 0 Å². The van der Waals surface area contributed by atoms with Crippen LogP contribution in [0.15, 0.2) is 35.3 Å². The van der Waals surface area contributed by atoms with Crippen LogP contribution in [-0.2, 0) is 20.0 Å². The lowest BCUT2D eigenvalue weighted by atomic mass is 9.85. The Labute approximate surface area is 213 Å². The quantitative estimate of drug-likeness (QED) is 0.331. The molecular weight excluding hydrogens is 480 g/mol. The third-order valence-electron chi connectivity index (χ3n) is 6.62. The molecule has 1 atom stereocenters. The van der Waals surface area contributed by atoms with E-state index in [1.165, 1.54) is 10.5 Å².